The Morgan fingerprint density at radius 1 is 1.31 bits per heavy atom. The third-order valence-corrected chi connectivity index (χ3v) is 5.19. The molecule has 2 aliphatic rings. The number of carbonyl (C=O) groups is 2. The van der Waals surface area contributed by atoms with E-state index in [4.69, 9.17) is 0 Å². The van der Waals surface area contributed by atoms with Crippen LogP contribution in [0.4, 0.5) is 0 Å². The summed E-state index contributed by atoms with van der Waals surface area (Å²) in [5, 5.41) is 6.27. The zero-order chi connectivity index (χ0) is 18.4. The van der Waals surface area contributed by atoms with Crippen LogP contribution in [-0.2, 0) is 9.59 Å². The fourth-order valence-corrected chi connectivity index (χ4v) is 3.76. The number of nitrogens with zero attached hydrogens (tertiary/aromatic N) is 3. The number of piperazine rings is 1. The van der Waals surface area contributed by atoms with Crippen molar-refractivity contribution >= 4 is 11.8 Å². The van der Waals surface area contributed by atoms with Gasteiger partial charge in [0.25, 0.3) is 0 Å². The van der Waals surface area contributed by atoms with E-state index < -0.39 is 6.04 Å². The summed E-state index contributed by atoms with van der Waals surface area (Å²) >= 11 is 0. The molecule has 2 aliphatic heterocycles. The summed E-state index contributed by atoms with van der Waals surface area (Å²) in [6.45, 7) is 6.12. The zero-order valence-corrected chi connectivity index (χ0v) is 15.5. The van der Waals surface area contributed by atoms with Crippen LogP contribution in [0.5, 0.6) is 0 Å². The molecule has 3 heterocycles. The molecule has 0 spiro atoms. The Morgan fingerprint density at radius 2 is 2.12 bits per heavy atom. The van der Waals surface area contributed by atoms with Crippen LogP contribution in [0.25, 0.3) is 0 Å². The molecule has 0 aromatic carbocycles. The number of nitrogens with one attached hydrogen (secondary N) is 2. The summed E-state index contributed by atoms with van der Waals surface area (Å²) in [5.41, 5.74) is 1.10. The lowest BCUT2D eigenvalue weighted by molar-refractivity contribution is -0.137. The van der Waals surface area contributed by atoms with Crippen LogP contribution in [0, 0.1) is 0 Å². The molecule has 2 fully saturated rings. The maximum absolute atomic E-state index is 12.5. The molecule has 1 aromatic heterocycles. The van der Waals surface area contributed by atoms with E-state index in [1.54, 1.807) is 13.1 Å². The van der Waals surface area contributed by atoms with E-state index in [1.165, 1.54) is 6.42 Å². The van der Waals surface area contributed by atoms with E-state index in [2.05, 4.69) is 20.5 Å². The molecular formula is C19H29N5O2. The first-order valence-corrected chi connectivity index (χ1v) is 9.58. The molecule has 1 aromatic rings. The number of carbonyl (C=O) groups excluding carboxylic acids is 2. The van der Waals surface area contributed by atoms with E-state index >= 15 is 0 Å². The number of amides is 2. The smallest absolute Gasteiger partial charge is 0.244 e. The van der Waals surface area contributed by atoms with Crippen molar-refractivity contribution in [2.24, 2.45) is 0 Å². The minimum atomic E-state index is -0.472. The number of aromatic nitrogens is 1. The molecule has 26 heavy (non-hydrogen) atoms. The van der Waals surface area contributed by atoms with Crippen molar-refractivity contribution in [1.29, 1.82) is 0 Å². The number of likely N-dealkylation sites (tertiary alicyclic amines) is 1. The monoisotopic (exact) mass is 359 g/mol. The number of hydrogen-bond donors (Lipinski definition) is 2. The molecule has 0 saturated carbocycles. The highest BCUT2D eigenvalue weighted by atomic mass is 16.2. The molecule has 142 valence electrons. The van der Waals surface area contributed by atoms with Gasteiger partial charge in [0, 0.05) is 51.2 Å². The lowest BCUT2D eigenvalue weighted by atomic mass is 10.1. The van der Waals surface area contributed by atoms with Gasteiger partial charge in [-0.2, -0.15) is 0 Å². The molecular weight excluding hydrogens is 330 g/mol. The third kappa shape index (κ3) is 4.80. The summed E-state index contributed by atoms with van der Waals surface area (Å²) < 4.78 is 0. The molecule has 0 aliphatic carbocycles. The van der Waals surface area contributed by atoms with Crippen LogP contribution in [0.1, 0.15) is 37.8 Å². The van der Waals surface area contributed by atoms with Crippen molar-refractivity contribution in [2.75, 3.05) is 39.3 Å². The van der Waals surface area contributed by atoms with Crippen LogP contribution in [-0.4, -0.2) is 71.9 Å². The number of pyridine rings is 1. The molecule has 2 amide bonds. The molecule has 2 unspecified atom stereocenters. The molecule has 0 bridgehead atoms. The highest BCUT2D eigenvalue weighted by molar-refractivity contribution is 5.88. The molecule has 2 N–H and O–H groups in total. The Kier molecular flexibility index (Phi) is 6.57. The van der Waals surface area contributed by atoms with Gasteiger partial charge in [-0.15, -0.1) is 0 Å². The average Bonchev–Trinajstić information content (AvgIpc) is 2.69. The van der Waals surface area contributed by atoms with Crippen molar-refractivity contribution in [3.8, 4) is 0 Å². The molecule has 7 nitrogen and oxygen atoms in total. The van der Waals surface area contributed by atoms with Crippen LogP contribution in [0.3, 0.4) is 0 Å². The van der Waals surface area contributed by atoms with E-state index in [1.807, 2.05) is 23.2 Å². The van der Waals surface area contributed by atoms with Crippen molar-refractivity contribution in [3.05, 3.63) is 30.1 Å². The first kappa shape index (κ1) is 18.8. The van der Waals surface area contributed by atoms with Gasteiger partial charge < -0.3 is 15.5 Å². The Bertz CT molecular complexity index is 603. The highest BCUT2D eigenvalue weighted by Gasteiger charge is 2.28. The molecule has 3 rings (SSSR count). The number of piperidine rings is 1. The van der Waals surface area contributed by atoms with Gasteiger partial charge in [0.1, 0.15) is 6.04 Å². The fourth-order valence-electron chi connectivity index (χ4n) is 3.76. The number of rotatable bonds is 5. The van der Waals surface area contributed by atoms with Crippen molar-refractivity contribution in [3.63, 3.8) is 0 Å². The van der Waals surface area contributed by atoms with Gasteiger partial charge in [-0.25, -0.2) is 0 Å². The Hall–Kier alpha value is -1.99. The van der Waals surface area contributed by atoms with Gasteiger partial charge in [-0.3, -0.25) is 19.5 Å². The third-order valence-electron chi connectivity index (χ3n) is 5.19. The standard InChI is InChI=1S/C19H29N5O2/c1-15(19(26)23-9-3-2-4-10-23)22-18(25)14-24-11-8-21-13-17(24)16-6-5-7-20-12-16/h5-7,12,15,17,21H,2-4,8-11,13-14H2,1H3,(H,22,25). The number of hydrogen-bond acceptors (Lipinski definition) is 5. The summed E-state index contributed by atoms with van der Waals surface area (Å²) in [5.74, 6) is -0.0687. The van der Waals surface area contributed by atoms with Crippen molar-refractivity contribution in [2.45, 2.75) is 38.3 Å². The lowest BCUT2D eigenvalue weighted by Gasteiger charge is -2.36. The topological polar surface area (TPSA) is 77.6 Å². The van der Waals surface area contributed by atoms with E-state index in [-0.39, 0.29) is 17.9 Å². The quantitative estimate of drug-likeness (QED) is 0.803. The van der Waals surface area contributed by atoms with Crippen LogP contribution < -0.4 is 10.6 Å². The van der Waals surface area contributed by atoms with E-state index in [0.717, 1.165) is 51.1 Å². The van der Waals surface area contributed by atoms with Gasteiger partial charge in [-0.1, -0.05) is 6.07 Å². The molecule has 2 saturated heterocycles. The van der Waals surface area contributed by atoms with Gasteiger partial charge in [0.15, 0.2) is 0 Å². The molecule has 2 atom stereocenters. The van der Waals surface area contributed by atoms with E-state index in [9.17, 15) is 9.59 Å². The predicted molar refractivity (Wildman–Crippen MR) is 99.5 cm³/mol. The first-order valence-electron chi connectivity index (χ1n) is 9.58. The SMILES string of the molecule is CC(NC(=O)CN1CCNCC1c1cccnc1)C(=O)N1CCCCC1. The van der Waals surface area contributed by atoms with Gasteiger partial charge >= 0.3 is 0 Å². The molecule has 0 radical (unpaired) electrons. The maximum Gasteiger partial charge on any atom is 0.244 e. The lowest BCUT2D eigenvalue weighted by Crippen LogP contribution is -2.53. The highest BCUT2D eigenvalue weighted by Crippen LogP contribution is 2.20. The summed E-state index contributed by atoms with van der Waals surface area (Å²) in [6.07, 6.45) is 6.90. The normalized spacial score (nSPS) is 22.7. The fraction of sp³-hybridized carbons (Fsp3) is 0.632. The van der Waals surface area contributed by atoms with Crippen LogP contribution >= 0.6 is 0 Å². The minimum Gasteiger partial charge on any atom is -0.343 e. The van der Waals surface area contributed by atoms with E-state index in [0.29, 0.717) is 6.54 Å². The largest absolute Gasteiger partial charge is 0.343 e. The van der Waals surface area contributed by atoms with Gasteiger partial charge in [0.2, 0.25) is 11.8 Å². The second kappa shape index (κ2) is 9.09. The summed E-state index contributed by atoms with van der Waals surface area (Å²) in [6, 6.07) is 3.61. The van der Waals surface area contributed by atoms with Crippen molar-refractivity contribution < 1.29 is 9.59 Å². The Labute approximate surface area is 155 Å². The summed E-state index contributed by atoms with van der Waals surface area (Å²) in [4.78, 5) is 33.2. The van der Waals surface area contributed by atoms with Gasteiger partial charge in [0.05, 0.1) is 6.54 Å². The minimum absolute atomic E-state index is 0.0298. The average molecular weight is 359 g/mol. The Morgan fingerprint density at radius 3 is 2.85 bits per heavy atom. The van der Waals surface area contributed by atoms with Crippen molar-refractivity contribution in [1.82, 2.24) is 25.4 Å². The molecule has 7 heteroatoms. The zero-order valence-electron chi connectivity index (χ0n) is 15.5. The van der Waals surface area contributed by atoms with Crippen LogP contribution in [0.15, 0.2) is 24.5 Å². The summed E-state index contributed by atoms with van der Waals surface area (Å²) in [7, 11) is 0. The predicted octanol–water partition coefficient (Wildman–Crippen LogP) is 0.545. The maximum atomic E-state index is 12.5. The van der Waals surface area contributed by atoms with Crippen LogP contribution in [0.2, 0.25) is 0 Å². The van der Waals surface area contributed by atoms with Gasteiger partial charge in [-0.05, 0) is 37.8 Å². The first-order chi connectivity index (χ1) is 12.6. The second-order valence-corrected chi connectivity index (χ2v) is 7.15. The second-order valence-electron chi connectivity index (χ2n) is 7.15. The Balaban J connectivity index is 1.55.